The Balaban J connectivity index is 1.44. The van der Waals surface area contributed by atoms with Gasteiger partial charge in [-0.25, -0.2) is 0 Å². The van der Waals surface area contributed by atoms with Crippen LogP contribution in [-0.4, -0.2) is 19.6 Å². The van der Waals surface area contributed by atoms with Gasteiger partial charge in [0.2, 0.25) is 0 Å². The fraction of sp³-hybridized carbons (Fsp3) is 0.143. The molecule has 3 rings (SSSR count). The van der Waals surface area contributed by atoms with Crippen molar-refractivity contribution in [1.82, 2.24) is 0 Å². The minimum absolute atomic E-state index is 0.0969. The third-order valence-electron chi connectivity index (χ3n) is 3.90. The van der Waals surface area contributed by atoms with Crippen LogP contribution in [0.1, 0.15) is 12.0 Å². The van der Waals surface area contributed by atoms with Crippen LogP contribution in [-0.2, 0) is 16.5 Å². The second-order valence-corrected chi connectivity index (χ2v) is 7.38. The maximum Gasteiger partial charge on any atom is 0.294 e. The van der Waals surface area contributed by atoms with Crippen molar-refractivity contribution in [1.29, 1.82) is 0 Å². The molecule has 0 amide bonds. The van der Waals surface area contributed by atoms with Gasteiger partial charge in [0, 0.05) is 0 Å². The van der Waals surface area contributed by atoms with Crippen molar-refractivity contribution in [2.45, 2.75) is 17.7 Å². The highest BCUT2D eigenvalue weighted by molar-refractivity contribution is 7.85. The van der Waals surface area contributed by atoms with Gasteiger partial charge in [0.1, 0.15) is 17.2 Å². The van der Waals surface area contributed by atoms with Crippen molar-refractivity contribution in [2.75, 3.05) is 6.61 Å². The van der Waals surface area contributed by atoms with Gasteiger partial charge in [0.05, 0.1) is 11.5 Å². The van der Waals surface area contributed by atoms with Gasteiger partial charge < -0.3 is 9.47 Å². The Bertz CT molecular complexity index is 950. The highest BCUT2D eigenvalue weighted by atomic mass is 32.2. The normalized spacial score (nSPS) is 11.1. The summed E-state index contributed by atoms with van der Waals surface area (Å²) in [6.45, 7) is 0.541. The van der Waals surface area contributed by atoms with Crippen LogP contribution in [0.3, 0.4) is 0 Å². The molecule has 0 saturated heterocycles. The molecule has 0 unspecified atom stereocenters. The first-order valence-corrected chi connectivity index (χ1v) is 9.97. The Morgan fingerprint density at radius 3 is 1.96 bits per heavy atom. The van der Waals surface area contributed by atoms with Crippen LogP contribution in [0, 0.1) is 0 Å². The van der Waals surface area contributed by atoms with Gasteiger partial charge >= 0.3 is 0 Å². The summed E-state index contributed by atoms with van der Waals surface area (Å²) in [5, 5.41) is 0. The van der Waals surface area contributed by atoms with Crippen molar-refractivity contribution in [3.63, 3.8) is 0 Å². The minimum Gasteiger partial charge on any atom is -0.494 e. The highest BCUT2D eigenvalue weighted by Gasteiger charge is 2.08. The molecule has 5 nitrogen and oxygen atoms in total. The van der Waals surface area contributed by atoms with Gasteiger partial charge in [-0.3, -0.25) is 4.55 Å². The molecule has 1 N–H and O–H groups in total. The lowest BCUT2D eigenvalue weighted by Crippen LogP contribution is -2.00. The molecule has 0 saturated carbocycles. The predicted molar refractivity (Wildman–Crippen MR) is 103 cm³/mol. The van der Waals surface area contributed by atoms with Crippen molar-refractivity contribution in [3.8, 4) is 17.2 Å². The van der Waals surface area contributed by atoms with E-state index in [1.165, 1.54) is 12.1 Å². The Kier molecular flexibility index (Phi) is 6.11. The molecule has 0 aliphatic heterocycles. The molecule has 0 spiro atoms. The molecular weight excluding hydrogens is 364 g/mol. The van der Waals surface area contributed by atoms with E-state index in [9.17, 15) is 8.42 Å². The molecule has 0 radical (unpaired) electrons. The van der Waals surface area contributed by atoms with E-state index in [4.69, 9.17) is 14.0 Å². The molecule has 0 aliphatic rings. The number of ether oxygens (including phenoxy) is 2. The number of hydrogen-bond donors (Lipinski definition) is 1. The van der Waals surface area contributed by atoms with E-state index in [2.05, 4.69) is 0 Å². The second kappa shape index (κ2) is 8.70. The number of para-hydroxylation sites is 1. The van der Waals surface area contributed by atoms with Crippen molar-refractivity contribution < 1.29 is 22.4 Å². The second-order valence-electron chi connectivity index (χ2n) is 5.96. The fourth-order valence-electron chi connectivity index (χ4n) is 2.52. The molecular formula is C21H20O5S. The number of aryl methyl sites for hydroxylation is 1. The van der Waals surface area contributed by atoms with E-state index in [0.717, 1.165) is 35.7 Å². The summed E-state index contributed by atoms with van der Waals surface area (Å²) in [4.78, 5) is -0.0969. The van der Waals surface area contributed by atoms with Crippen LogP contribution < -0.4 is 9.47 Å². The summed E-state index contributed by atoms with van der Waals surface area (Å²) in [6, 6.07) is 23.2. The molecule has 0 aromatic heterocycles. The Labute approximate surface area is 158 Å². The highest BCUT2D eigenvalue weighted by Crippen LogP contribution is 2.23. The Morgan fingerprint density at radius 1 is 0.741 bits per heavy atom. The van der Waals surface area contributed by atoms with Crippen molar-refractivity contribution >= 4 is 10.1 Å². The lowest BCUT2D eigenvalue weighted by molar-refractivity contribution is 0.310. The average Bonchev–Trinajstić information content (AvgIpc) is 2.67. The van der Waals surface area contributed by atoms with E-state index < -0.39 is 10.1 Å². The van der Waals surface area contributed by atoms with Crippen LogP contribution in [0.25, 0.3) is 0 Å². The fourth-order valence-corrected chi connectivity index (χ4v) is 3.00. The smallest absolute Gasteiger partial charge is 0.294 e. The Hall–Kier alpha value is -2.83. The van der Waals surface area contributed by atoms with Gasteiger partial charge in [-0.2, -0.15) is 8.42 Å². The molecule has 0 fully saturated rings. The van der Waals surface area contributed by atoms with Gasteiger partial charge in [-0.05, 0) is 66.9 Å². The lowest BCUT2D eigenvalue weighted by atomic mass is 10.1. The molecule has 3 aromatic rings. The van der Waals surface area contributed by atoms with E-state index in [1.807, 2.05) is 54.6 Å². The predicted octanol–water partition coefficient (Wildman–Crippen LogP) is 4.74. The zero-order valence-electron chi connectivity index (χ0n) is 14.6. The van der Waals surface area contributed by atoms with Crippen LogP contribution in [0.2, 0.25) is 0 Å². The quantitative estimate of drug-likeness (QED) is 0.449. The number of hydrogen-bond acceptors (Lipinski definition) is 4. The summed E-state index contributed by atoms with van der Waals surface area (Å²) >= 11 is 0. The molecule has 0 atom stereocenters. The summed E-state index contributed by atoms with van der Waals surface area (Å²) in [6.07, 6.45) is 1.54. The van der Waals surface area contributed by atoms with E-state index in [1.54, 1.807) is 12.1 Å². The Morgan fingerprint density at radius 2 is 1.33 bits per heavy atom. The number of rotatable bonds is 8. The van der Waals surface area contributed by atoms with E-state index >= 15 is 0 Å². The van der Waals surface area contributed by atoms with Gasteiger partial charge in [0.15, 0.2) is 0 Å². The number of benzene rings is 3. The maximum absolute atomic E-state index is 11.0. The molecule has 140 valence electrons. The lowest BCUT2D eigenvalue weighted by Gasteiger charge is -2.09. The summed E-state index contributed by atoms with van der Waals surface area (Å²) in [5.74, 6) is 2.29. The van der Waals surface area contributed by atoms with Gasteiger partial charge in [-0.1, -0.05) is 30.3 Å². The maximum atomic E-state index is 11.0. The summed E-state index contributed by atoms with van der Waals surface area (Å²) in [7, 11) is -4.14. The van der Waals surface area contributed by atoms with Gasteiger partial charge in [0.25, 0.3) is 10.1 Å². The first-order chi connectivity index (χ1) is 13.0. The zero-order valence-corrected chi connectivity index (χ0v) is 15.4. The molecule has 0 bridgehead atoms. The largest absolute Gasteiger partial charge is 0.494 e. The van der Waals surface area contributed by atoms with Crippen LogP contribution >= 0.6 is 0 Å². The summed E-state index contributed by atoms with van der Waals surface area (Å²) in [5.41, 5.74) is 0.984. The zero-order chi connectivity index (χ0) is 19.1. The third kappa shape index (κ3) is 5.84. The molecule has 0 heterocycles. The third-order valence-corrected chi connectivity index (χ3v) is 4.77. The average molecular weight is 384 g/mol. The molecule has 27 heavy (non-hydrogen) atoms. The van der Waals surface area contributed by atoms with Crippen LogP contribution in [0.15, 0.2) is 83.8 Å². The standard InChI is InChI=1S/C21H20O5S/c22-27(23,24)21-14-8-17(9-15-21)5-4-16-25-18-10-12-20(13-11-18)26-19-6-2-1-3-7-19/h1-3,6-15H,4-5,16H2,(H,22,23,24). The topological polar surface area (TPSA) is 72.8 Å². The van der Waals surface area contributed by atoms with Gasteiger partial charge in [-0.15, -0.1) is 0 Å². The summed E-state index contributed by atoms with van der Waals surface area (Å²) < 4.78 is 42.4. The van der Waals surface area contributed by atoms with Crippen molar-refractivity contribution in [2.24, 2.45) is 0 Å². The minimum atomic E-state index is -4.14. The van der Waals surface area contributed by atoms with E-state index in [-0.39, 0.29) is 4.90 Å². The van der Waals surface area contributed by atoms with E-state index in [0.29, 0.717) is 6.61 Å². The van der Waals surface area contributed by atoms with Crippen molar-refractivity contribution in [3.05, 3.63) is 84.4 Å². The monoisotopic (exact) mass is 384 g/mol. The SMILES string of the molecule is O=S(=O)(O)c1ccc(CCCOc2ccc(Oc3ccccc3)cc2)cc1. The van der Waals surface area contributed by atoms with Crippen LogP contribution in [0.4, 0.5) is 0 Å². The first kappa shape index (κ1) is 18.9. The molecule has 6 heteroatoms. The molecule has 0 aliphatic carbocycles. The first-order valence-electron chi connectivity index (χ1n) is 8.53. The molecule has 3 aromatic carbocycles. The van der Waals surface area contributed by atoms with Crippen LogP contribution in [0.5, 0.6) is 17.2 Å².